The van der Waals surface area contributed by atoms with Crippen molar-refractivity contribution in [3.63, 3.8) is 0 Å². The Kier molecular flexibility index (Phi) is 9.96. The predicted molar refractivity (Wildman–Crippen MR) is 156 cm³/mol. The average Bonchev–Trinajstić information content (AvgIpc) is 2.95. The minimum atomic E-state index is -0.973. The molecule has 2 amide bonds. The van der Waals surface area contributed by atoms with Crippen LogP contribution in [-0.4, -0.2) is 56.0 Å². The summed E-state index contributed by atoms with van der Waals surface area (Å²) in [6.45, 7) is 0.0562. The molecule has 3 aromatic rings. The fourth-order valence-electron chi connectivity index (χ4n) is 5.12. The number of nitrogens with two attached hydrogens (primary N) is 2. The molecule has 1 fully saturated rings. The quantitative estimate of drug-likeness (QED) is 0.316. The first kappa shape index (κ1) is 30.4. The number of ether oxygens (including phenoxy) is 1. The van der Waals surface area contributed by atoms with Crippen molar-refractivity contribution < 1.29 is 23.1 Å². The Balaban J connectivity index is 1.77. The number of carbonyl (C=O) groups is 2. The fourth-order valence-corrected chi connectivity index (χ4v) is 5.32. The third-order valence-electron chi connectivity index (χ3n) is 7.53. The molecule has 0 heterocycles. The maximum absolute atomic E-state index is 16.0. The molecule has 3 aromatic carbocycles. The van der Waals surface area contributed by atoms with E-state index in [1.54, 1.807) is 20.2 Å². The van der Waals surface area contributed by atoms with Gasteiger partial charge in [-0.3, -0.25) is 9.59 Å². The Labute approximate surface area is 243 Å². The molecule has 1 aliphatic rings. The number of carbonyl (C=O) groups excluding carboxylic acids is 2. The van der Waals surface area contributed by atoms with Crippen LogP contribution in [-0.2, 0) is 4.79 Å². The van der Waals surface area contributed by atoms with Crippen LogP contribution >= 0.6 is 11.6 Å². The van der Waals surface area contributed by atoms with Gasteiger partial charge in [0, 0.05) is 49.8 Å². The van der Waals surface area contributed by atoms with E-state index in [9.17, 15) is 9.59 Å². The van der Waals surface area contributed by atoms with Crippen LogP contribution in [0.25, 0.3) is 11.1 Å². The molecule has 1 saturated carbocycles. The Hall–Kier alpha value is -3.53. The van der Waals surface area contributed by atoms with Crippen molar-refractivity contribution in [1.29, 1.82) is 0 Å². The van der Waals surface area contributed by atoms with Gasteiger partial charge in [0.2, 0.25) is 5.91 Å². The van der Waals surface area contributed by atoms with E-state index < -0.39 is 30.1 Å². The summed E-state index contributed by atoms with van der Waals surface area (Å²) < 4.78 is 36.8. The number of amides is 2. The molecule has 0 spiro atoms. The zero-order valence-electron chi connectivity index (χ0n) is 23.1. The Morgan fingerprint density at radius 3 is 2.37 bits per heavy atom. The van der Waals surface area contributed by atoms with E-state index in [0.717, 1.165) is 31.2 Å². The van der Waals surface area contributed by atoms with E-state index in [-0.39, 0.29) is 45.5 Å². The number of primary amides is 1. The van der Waals surface area contributed by atoms with Gasteiger partial charge in [0.05, 0.1) is 10.6 Å². The molecular formula is C31H35ClF2N4O3. The maximum Gasteiger partial charge on any atom is 0.259 e. The lowest BCUT2D eigenvalue weighted by Crippen LogP contribution is -2.39. The first-order chi connectivity index (χ1) is 19.6. The predicted octanol–water partition coefficient (Wildman–Crippen LogP) is 4.84. The minimum Gasteiger partial charge on any atom is -0.481 e. The summed E-state index contributed by atoms with van der Waals surface area (Å²) in [5.74, 6) is -3.66. The summed E-state index contributed by atoms with van der Waals surface area (Å²) in [5, 5.41) is 3.24. The number of benzene rings is 3. The number of nitrogens with zero attached hydrogens (tertiary/aromatic N) is 1. The molecular weight excluding hydrogens is 550 g/mol. The van der Waals surface area contributed by atoms with Gasteiger partial charge in [0.15, 0.2) is 18.2 Å². The second kappa shape index (κ2) is 13.4. The lowest BCUT2D eigenvalue weighted by molar-refractivity contribution is -0.130. The highest BCUT2D eigenvalue weighted by atomic mass is 35.5. The van der Waals surface area contributed by atoms with Crippen LogP contribution in [0.3, 0.4) is 0 Å². The van der Waals surface area contributed by atoms with Crippen molar-refractivity contribution in [3.05, 3.63) is 87.9 Å². The minimum absolute atomic E-state index is 0.0399. The monoisotopic (exact) mass is 584 g/mol. The van der Waals surface area contributed by atoms with Crippen LogP contribution in [0.5, 0.6) is 5.75 Å². The molecule has 5 N–H and O–H groups in total. The third-order valence-corrected chi connectivity index (χ3v) is 7.91. The molecule has 10 heteroatoms. The Morgan fingerprint density at radius 2 is 1.73 bits per heavy atom. The average molecular weight is 585 g/mol. The highest BCUT2D eigenvalue weighted by Gasteiger charge is 2.27. The number of likely N-dealkylation sites (N-methyl/N-ethyl adjacent to an activating group) is 1. The molecule has 0 aromatic heterocycles. The van der Waals surface area contributed by atoms with E-state index in [2.05, 4.69) is 5.32 Å². The maximum atomic E-state index is 16.0. The molecule has 218 valence electrons. The van der Waals surface area contributed by atoms with Crippen LogP contribution in [0, 0.1) is 11.6 Å². The molecule has 4 rings (SSSR count). The number of hydrogen-bond donors (Lipinski definition) is 3. The van der Waals surface area contributed by atoms with Gasteiger partial charge in [0.25, 0.3) is 5.91 Å². The first-order valence-electron chi connectivity index (χ1n) is 13.5. The standard InChI is InChI=1S/C31H35ClF2N4O3/c1-38(2)27(39)17-41-26-13-12-22(31(36)40)28(30(26)34)23-14-19(15-25(33)29(23)32)24(18-6-4-3-5-7-18)16-37-21-10-8-20(35)9-11-21/h3-7,12-15,20-21,24,37H,8-11,16-17,35H2,1-2H3,(H2,36,40). The molecule has 0 bridgehead atoms. The number of halogens is 3. The van der Waals surface area contributed by atoms with Crippen molar-refractivity contribution in [1.82, 2.24) is 10.2 Å². The van der Waals surface area contributed by atoms with Gasteiger partial charge in [-0.2, -0.15) is 0 Å². The van der Waals surface area contributed by atoms with Crippen molar-refractivity contribution in [2.24, 2.45) is 11.5 Å². The van der Waals surface area contributed by atoms with Crippen LogP contribution in [0.1, 0.15) is 53.1 Å². The summed E-state index contributed by atoms with van der Waals surface area (Å²) in [6, 6.07) is 15.5. The largest absolute Gasteiger partial charge is 0.481 e. The van der Waals surface area contributed by atoms with E-state index in [4.69, 9.17) is 27.8 Å². The zero-order chi connectivity index (χ0) is 29.7. The van der Waals surface area contributed by atoms with Gasteiger partial charge in [-0.15, -0.1) is 0 Å². The summed E-state index contributed by atoms with van der Waals surface area (Å²) in [6.07, 6.45) is 3.75. The van der Waals surface area contributed by atoms with Crippen LogP contribution in [0.4, 0.5) is 8.78 Å². The van der Waals surface area contributed by atoms with E-state index in [1.807, 2.05) is 30.3 Å². The molecule has 7 nitrogen and oxygen atoms in total. The zero-order valence-corrected chi connectivity index (χ0v) is 23.9. The first-order valence-corrected chi connectivity index (χ1v) is 13.9. The lowest BCUT2D eigenvalue weighted by Gasteiger charge is -2.29. The van der Waals surface area contributed by atoms with Gasteiger partial charge < -0.3 is 26.4 Å². The molecule has 1 atom stereocenters. The summed E-state index contributed by atoms with van der Waals surface area (Å²) in [7, 11) is 3.08. The molecule has 0 saturated heterocycles. The van der Waals surface area contributed by atoms with E-state index in [0.29, 0.717) is 12.1 Å². The van der Waals surface area contributed by atoms with Crippen LogP contribution < -0.4 is 21.5 Å². The van der Waals surface area contributed by atoms with Crippen molar-refractivity contribution in [2.45, 2.75) is 43.7 Å². The lowest BCUT2D eigenvalue weighted by atomic mass is 9.87. The number of rotatable bonds is 10. The van der Waals surface area contributed by atoms with Crippen molar-refractivity contribution in [2.75, 3.05) is 27.2 Å². The number of hydrogen-bond acceptors (Lipinski definition) is 5. The molecule has 0 aliphatic heterocycles. The normalized spacial score (nSPS) is 17.6. The van der Waals surface area contributed by atoms with Gasteiger partial charge >= 0.3 is 0 Å². The van der Waals surface area contributed by atoms with Gasteiger partial charge in [0.1, 0.15) is 5.82 Å². The highest BCUT2D eigenvalue weighted by Crippen LogP contribution is 2.40. The molecule has 1 aliphatic carbocycles. The summed E-state index contributed by atoms with van der Waals surface area (Å²) in [5.41, 5.74) is 12.6. The van der Waals surface area contributed by atoms with Crippen molar-refractivity contribution in [3.8, 4) is 16.9 Å². The molecule has 1 unspecified atom stereocenters. The highest BCUT2D eigenvalue weighted by molar-refractivity contribution is 6.33. The van der Waals surface area contributed by atoms with Crippen LogP contribution in [0.15, 0.2) is 54.6 Å². The van der Waals surface area contributed by atoms with Crippen molar-refractivity contribution >= 4 is 23.4 Å². The third kappa shape index (κ3) is 7.22. The summed E-state index contributed by atoms with van der Waals surface area (Å²) >= 11 is 6.41. The Bertz CT molecular complexity index is 1400. The summed E-state index contributed by atoms with van der Waals surface area (Å²) in [4.78, 5) is 25.7. The Morgan fingerprint density at radius 1 is 1.05 bits per heavy atom. The smallest absolute Gasteiger partial charge is 0.259 e. The SMILES string of the molecule is CN(C)C(=O)COc1ccc(C(N)=O)c(-c2cc(C(CNC3CCC(N)CC3)c3ccccc3)cc(F)c2Cl)c1F. The number of nitrogens with one attached hydrogen (secondary N) is 1. The molecule has 0 radical (unpaired) electrons. The topological polar surface area (TPSA) is 111 Å². The van der Waals surface area contributed by atoms with E-state index in [1.165, 1.54) is 23.1 Å². The fraction of sp³-hybridized carbons (Fsp3) is 0.355. The second-order valence-corrected chi connectivity index (χ2v) is 11.0. The molecule has 41 heavy (non-hydrogen) atoms. The van der Waals surface area contributed by atoms with E-state index >= 15 is 8.78 Å². The van der Waals surface area contributed by atoms with Gasteiger partial charge in [-0.05, 0) is 61.1 Å². The van der Waals surface area contributed by atoms with Gasteiger partial charge in [-0.25, -0.2) is 8.78 Å². The van der Waals surface area contributed by atoms with Crippen LogP contribution in [0.2, 0.25) is 5.02 Å². The van der Waals surface area contributed by atoms with Gasteiger partial charge in [-0.1, -0.05) is 41.9 Å². The second-order valence-electron chi connectivity index (χ2n) is 10.6.